The zero-order chi connectivity index (χ0) is 13.4. The van der Waals surface area contributed by atoms with E-state index in [2.05, 4.69) is 5.32 Å². The molecule has 1 aromatic carbocycles. The highest BCUT2D eigenvalue weighted by Crippen LogP contribution is 2.25. The van der Waals surface area contributed by atoms with Crippen molar-refractivity contribution in [1.82, 2.24) is 5.32 Å². The third kappa shape index (κ3) is 5.12. The number of benzene rings is 1. The molecule has 0 aliphatic carbocycles. The van der Waals surface area contributed by atoms with Crippen LogP contribution < -0.4 is 5.32 Å². The largest absolute Gasteiger partial charge is 0.382 e. The van der Waals surface area contributed by atoms with Gasteiger partial charge in [0.25, 0.3) is 0 Å². The van der Waals surface area contributed by atoms with Crippen LogP contribution in [-0.2, 0) is 15.9 Å². The van der Waals surface area contributed by atoms with E-state index < -0.39 is 0 Å². The molecule has 18 heavy (non-hydrogen) atoms. The second-order valence-corrected chi connectivity index (χ2v) is 4.77. The Morgan fingerprint density at radius 3 is 2.44 bits per heavy atom. The molecule has 0 saturated heterocycles. The summed E-state index contributed by atoms with van der Waals surface area (Å²) in [6, 6.07) is 5.72. The Labute approximate surface area is 118 Å². The van der Waals surface area contributed by atoms with E-state index in [0.29, 0.717) is 29.9 Å². The van der Waals surface area contributed by atoms with E-state index in [9.17, 15) is 0 Å². The molecule has 0 heterocycles. The Kier molecular flexibility index (Phi) is 7.63. The number of halogens is 2. The van der Waals surface area contributed by atoms with E-state index in [1.807, 2.05) is 25.2 Å². The molecule has 1 rings (SSSR count). The summed E-state index contributed by atoms with van der Waals surface area (Å²) in [5.41, 5.74) is 0.954. The summed E-state index contributed by atoms with van der Waals surface area (Å²) in [5, 5.41) is 4.59. The van der Waals surface area contributed by atoms with Crippen molar-refractivity contribution < 1.29 is 9.47 Å². The number of rotatable bonds is 8. The van der Waals surface area contributed by atoms with Crippen LogP contribution in [0.1, 0.15) is 5.56 Å². The van der Waals surface area contributed by atoms with Gasteiger partial charge < -0.3 is 14.8 Å². The highest BCUT2D eigenvalue weighted by Gasteiger charge is 2.12. The topological polar surface area (TPSA) is 30.5 Å². The number of nitrogens with one attached hydrogen (secondary N) is 1. The minimum absolute atomic E-state index is 0.180. The van der Waals surface area contributed by atoms with E-state index in [0.717, 1.165) is 12.0 Å². The first-order chi connectivity index (χ1) is 8.69. The Hall–Kier alpha value is -0.320. The second kappa shape index (κ2) is 8.73. The van der Waals surface area contributed by atoms with Crippen LogP contribution in [0.3, 0.4) is 0 Å². The SMILES string of the molecule is CNC(COCCOC)Cc1c(Cl)cccc1Cl. The third-order valence-electron chi connectivity index (χ3n) is 2.67. The van der Waals surface area contributed by atoms with Gasteiger partial charge in [0.05, 0.1) is 19.8 Å². The molecule has 0 aliphatic rings. The predicted molar refractivity (Wildman–Crippen MR) is 75.7 cm³/mol. The van der Waals surface area contributed by atoms with Crippen LogP contribution in [-0.4, -0.2) is 40.0 Å². The number of hydrogen-bond acceptors (Lipinski definition) is 3. The first-order valence-corrected chi connectivity index (χ1v) is 6.61. The Balaban J connectivity index is 2.52. The Bertz CT molecular complexity index is 341. The van der Waals surface area contributed by atoms with Crippen molar-refractivity contribution in [3.63, 3.8) is 0 Å². The van der Waals surface area contributed by atoms with E-state index >= 15 is 0 Å². The van der Waals surface area contributed by atoms with Crippen molar-refractivity contribution in [2.75, 3.05) is 34.0 Å². The van der Waals surface area contributed by atoms with E-state index in [1.165, 1.54) is 0 Å². The summed E-state index contributed by atoms with van der Waals surface area (Å²) >= 11 is 12.3. The quantitative estimate of drug-likeness (QED) is 0.747. The Morgan fingerprint density at radius 1 is 1.22 bits per heavy atom. The average molecular weight is 292 g/mol. The van der Waals surface area contributed by atoms with Gasteiger partial charge >= 0.3 is 0 Å². The lowest BCUT2D eigenvalue weighted by atomic mass is 10.1. The van der Waals surface area contributed by atoms with Crippen LogP contribution in [0.5, 0.6) is 0 Å². The summed E-state index contributed by atoms with van der Waals surface area (Å²) in [6.07, 6.45) is 0.738. The monoisotopic (exact) mass is 291 g/mol. The molecule has 1 N–H and O–H groups in total. The maximum atomic E-state index is 6.14. The molecule has 1 atom stereocenters. The molecule has 0 spiro atoms. The van der Waals surface area contributed by atoms with Crippen molar-refractivity contribution in [2.45, 2.75) is 12.5 Å². The van der Waals surface area contributed by atoms with Gasteiger partial charge in [-0.2, -0.15) is 0 Å². The van der Waals surface area contributed by atoms with Gasteiger partial charge in [0.15, 0.2) is 0 Å². The molecule has 0 bridgehead atoms. The maximum absolute atomic E-state index is 6.14. The van der Waals surface area contributed by atoms with Crippen LogP contribution in [0.15, 0.2) is 18.2 Å². The fourth-order valence-corrected chi connectivity index (χ4v) is 2.14. The summed E-state index contributed by atoms with van der Waals surface area (Å²) in [4.78, 5) is 0. The lowest BCUT2D eigenvalue weighted by molar-refractivity contribution is 0.0598. The first-order valence-electron chi connectivity index (χ1n) is 5.85. The van der Waals surface area contributed by atoms with Gasteiger partial charge in [-0.05, 0) is 31.2 Å². The lowest BCUT2D eigenvalue weighted by Gasteiger charge is -2.18. The molecule has 0 fully saturated rings. The van der Waals surface area contributed by atoms with E-state index in [1.54, 1.807) is 7.11 Å². The highest BCUT2D eigenvalue weighted by molar-refractivity contribution is 6.35. The van der Waals surface area contributed by atoms with Gasteiger partial charge in [0.2, 0.25) is 0 Å². The smallest absolute Gasteiger partial charge is 0.0701 e. The molecule has 0 amide bonds. The van der Waals surface area contributed by atoms with Gasteiger partial charge in [-0.1, -0.05) is 29.3 Å². The first kappa shape index (κ1) is 15.7. The van der Waals surface area contributed by atoms with Crippen molar-refractivity contribution in [3.05, 3.63) is 33.8 Å². The van der Waals surface area contributed by atoms with Crippen molar-refractivity contribution in [2.24, 2.45) is 0 Å². The van der Waals surface area contributed by atoms with Gasteiger partial charge in [0, 0.05) is 23.2 Å². The minimum atomic E-state index is 0.180. The van der Waals surface area contributed by atoms with E-state index in [-0.39, 0.29) is 6.04 Å². The minimum Gasteiger partial charge on any atom is -0.382 e. The predicted octanol–water partition coefficient (Wildman–Crippen LogP) is 2.79. The summed E-state index contributed by atoms with van der Waals surface area (Å²) < 4.78 is 10.4. The highest BCUT2D eigenvalue weighted by atomic mass is 35.5. The fourth-order valence-electron chi connectivity index (χ4n) is 1.59. The molecule has 0 aliphatic heterocycles. The van der Waals surface area contributed by atoms with Crippen LogP contribution in [0.25, 0.3) is 0 Å². The van der Waals surface area contributed by atoms with E-state index in [4.69, 9.17) is 32.7 Å². The van der Waals surface area contributed by atoms with Crippen molar-refractivity contribution in [3.8, 4) is 0 Å². The van der Waals surface area contributed by atoms with Gasteiger partial charge in [-0.3, -0.25) is 0 Å². The standard InChI is InChI=1S/C13H19Cl2NO2/c1-16-10(9-18-7-6-17-2)8-11-12(14)4-3-5-13(11)15/h3-5,10,16H,6-9H2,1-2H3. The van der Waals surface area contributed by atoms with Gasteiger partial charge in [-0.25, -0.2) is 0 Å². The number of ether oxygens (including phenoxy) is 2. The van der Waals surface area contributed by atoms with Crippen molar-refractivity contribution >= 4 is 23.2 Å². The zero-order valence-corrected chi connectivity index (χ0v) is 12.2. The summed E-state index contributed by atoms with van der Waals surface area (Å²) in [6.45, 7) is 1.79. The molecule has 102 valence electrons. The van der Waals surface area contributed by atoms with Crippen LogP contribution >= 0.6 is 23.2 Å². The molecule has 0 saturated carbocycles. The average Bonchev–Trinajstić information content (AvgIpc) is 2.36. The second-order valence-electron chi connectivity index (χ2n) is 3.96. The van der Waals surface area contributed by atoms with Gasteiger partial charge in [-0.15, -0.1) is 0 Å². The van der Waals surface area contributed by atoms with Crippen molar-refractivity contribution in [1.29, 1.82) is 0 Å². The molecule has 3 nitrogen and oxygen atoms in total. The molecular formula is C13H19Cl2NO2. The molecule has 0 aromatic heterocycles. The molecule has 5 heteroatoms. The molecular weight excluding hydrogens is 273 g/mol. The summed E-state index contributed by atoms with van der Waals surface area (Å²) in [7, 11) is 3.55. The van der Waals surface area contributed by atoms with Crippen LogP contribution in [0.4, 0.5) is 0 Å². The molecule has 0 radical (unpaired) electrons. The number of hydrogen-bond donors (Lipinski definition) is 1. The molecule has 1 aromatic rings. The van der Waals surface area contributed by atoms with Gasteiger partial charge in [0.1, 0.15) is 0 Å². The summed E-state index contributed by atoms with van der Waals surface area (Å²) in [5.74, 6) is 0. The Morgan fingerprint density at radius 2 is 1.89 bits per heavy atom. The van der Waals surface area contributed by atoms with Crippen LogP contribution in [0, 0.1) is 0 Å². The van der Waals surface area contributed by atoms with Crippen LogP contribution in [0.2, 0.25) is 10.0 Å². The third-order valence-corrected chi connectivity index (χ3v) is 3.38. The lowest BCUT2D eigenvalue weighted by Crippen LogP contribution is -2.33. The number of methoxy groups -OCH3 is 1. The number of likely N-dealkylation sites (N-methyl/N-ethyl adjacent to an activating group) is 1. The maximum Gasteiger partial charge on any atom is 0.0701 e. The molecule has 1 unspecified atom stereocenters. The fraction of sp³-hybridized carbons (Fsp3) is 0.538. The normalized spacial score (nSPS) is 12.7. The zero-order valence-electron chi connectivity index (χ0n) is 10.7.